The van der Waals surface area contributed by atoms with Crippen LogP contribution in [0.3, 0.4) is 0 Å². The molecule has 3 aromatic rings. The van der Waals surface area contributed by atoms with Crippen LogP contribution in [0, 0.1) is 0 Å². The molecule has 1 aromatic heterocycles. The van der Waals surface area contributed by atoms with Crippen LogP contribution < -0.4 is 0 Å². The monoisotopic (exact) mass is 299 g/mol. The summed E-state index contributed by atoms with van der Waals surface area (Å²) in [5.74, 6) is -0.0649. The van der Waals surface area contributed by atoms with Crippen LogP contribution in [-0.2, 0) is 0 Å². The molecule has 2 nitrogen and oxygen atoms in total. The third-order valence-electron chi connectivity index (χ3n) is 3.54. The molecule has 0 saturated heterocycles. The second-order valence-electron chi connectivity index (χ2n) is 4.69. The van der Waals surface area contributed by atoms with Crippen LogP contribution in [0.5, 0.6) is 0 Å². The number of pyridine rings is 1. The van der Waals surface area contributed by atoms with Crippen LogP contribution in [0.1, 0.15) is 15.9 Å². The fourth-order valence-corrected chi connectivity index (χ4v) is 3.12. The summed E-state index contributed by atoms with van der Waals surface area (Å²) in [5, 5.41) is 1.79. The molecule has 1 aliphatic carbocycles. The molecule has 0 radical (unpaired) electrons. The van der Waals surface area contributed by atoms with Gasteiger partial charge in [-0.1, -0.05) is 47.5 Å². The number of carbonyl (C=O) groups excluding carboxylic acids is 1. The molecule has 0 bridgehead atoms. The summed E-state index contributed by atoms with van der Waals surface area (Å²) in [4.78, 5) is 17.0. The second-order valence-corrected chi connectivity index (χ2v) is 5.50. The standard InChI is InChI=1S/C16H7Cl2NO/c17-8-5-6-11-12(7-8)19-15-9-3-1-2-4-10(9)16(20)13(15)14(11)18/h1-7H. The first kappa shape index (κ1) is 11.9. The average Bonchev–Trinajstić information content (AvgIpc) is 2.73. The lowest BCUT2D eigenvalue weighted by Gasteiger charge is -2.06. The zero-order valence-corrected chi connectivity index (χ0v) is 11.7. The summed E-state index contributed by atoms with van der Waals surface area (Å²) in [7, 11) is 0. The highest BCUT2D eigenvalue weighted by molar-refractivity contribution is 6.42. The van der Waals surface area contributed by atoms with Gasteiger partial charge in [-0.05, 0) is 18.2 Å². The Bertz CT molecular complexity index is 902. The largest absolute Gasteiger partial charge is 0.288 e. The van der Waals surface area contributed by atoms with Gasteiger partial charge in [0.05, 0.1) is 21.8 Å². The highest BCUT2D eigenvalue weighted by atomic mass is 35.5. The molecular formula is C16H7Cl2NO. The minimum absolute atomic E-state index is 0.0649. The van der Waals surface area contributed by atoms with Crippen LogP contribution >= 0.6 is 23.2 Å². The molecular weight excluding hydrogens is 293 g/mol. The van der Waals surface area contributed by atoms with Crippen molar-refractivity contribution in [2.45, 2.75) is 0 Å². The lowest BCUT2D eigenvalue weighted by molar-refractivity contribution is 0.104. The van der Waals surface area contributed by atoms with E-state index in [0.29, 0.717) is 32.4 Å². The first-order valence-corrected chi connectivity index (χ1v) is 6.85. The van der Waals surface area contributed by atoms with E-state index in [0.717, 1.165) is 10.9 Å². The number of ketones is 1. The highest BCUT2D eigenvalue weighted by Gasteiger charge is 2.31. The SMILES string of the molecule is O=C1c2ccccc2-c2nc3cc(Cl)ccc3c(Cl)c21. The normalized spacial score (nSPS) is 12.6. The van der Waals surface area contributed by atoms with Crippen LogP contribution in [0.25, 0.3) is 22.2 Å². The molecule has 1 heterocycles. The van der Waals surface area contributed by atoms with Gasteiger partial charge in [-0.3, -0.25) is 4.79 Å². The van der Waals surface area contributed by atoms with Gasteiger partial charge in [-0.15, -0.1) is 0 Å². The summed E-state index contributed by atoms with van der Waals surface area (Å²) in [6.45, 7) is 0. The number of hydrogen-bond acceptors (Lipinski definition) is 2. The van der Waals surface area contributed by atoms with E-state index in [4.69, 9.17) is 23.2 Å². The first-order chi connectivity index (χ1) is 9.66. The Balaban J connectivity index is 2.17. The minimum atomic E-state index is -0.0649. The molecule has 4 heteroatoms. The average molecular weight is 300 g/mol. The molecule has 0 unspecified atom stereocenters. The van der Waals surface area contributed by atoms with Crippen molar-refractivity contribution < 1.29 is 4.79 Å². The number of rotatable bonds is 0. The van der Waals surface area contributed by atoms with Gasteiger partial charge in [-0.25, -0.2) is 4.98 Å². The van der Waals surface area contributed by atoms with Gasteiger partial charge in [0.25, 0.3) is 0 Å². The Labute approximate surface area is 125 Å². The van der Waals surface area contributed by atoms with Crippen molar-refractivity contribution in [3.63, 3.8) is 0 Å². The van der Waals surface area contributed by atoms with Gasteiger partial charge in [0.1, 0.15) is 0 Å². The first-order valence-electron chi connectivity index (χ1n) is 6.09. The van der Waals surface area contributed by atoms with E-state index < -0.39 is 0 Å². The number of benzene rings is 2. The Morgan fingerprint density at radius 1 is 0.950 bits per heavy atom. The maximum atomic E-state index is 12.5. The van der Waals surface area contributed by atoms with Crippen molar-refractivity contribution in [3.8, 4) is 11.3 Å². The van der Waals surface area contributed by atoms with E-state index in [1.165, 1.54) is 0 Å². The van der Waals surface area contributed by atoms with E-state index in [-0.39, 0.29) is 5.78 Å². The molecule has 0 amide bonds. The summed E-state index contributed by atoms with van der Waals surface area (Å²) < 4.78 is 0. The number of hydrogen-bond donors (Lipinski definition) is 0. The van der Waals surface area contributed by atoms with E-state index in [9.17, 15) is 4.79 Å². The lowest BCUT2D eigenvalue weighted by Crippen LogP contribution is -1.97. The Kier molecular flexibility index (Phi) is 2.40. The molecule has 0 atom stereocenters. The molecule has 2 aromatic carbocycles. The zero-order valence-electron chi connectivity index (χ0n) is 10.2. The quantitative estimate of drug-likeness (QED) is 0.469. The molecule has 20 heavy (non-hydrogen) atoms. The number of halogens is 2. The topological polar surface area (TPSA) is 30.0 Å². The molecule has 1 aliphatic rings. The predicted molar refractivity (Wildman–Crippen MR) is 80.6 cm³/mol. The van der Waals surface area contributed by atoms with Crippen LogP contribution in [0.2, 0.25) is 10.0 Å². The third kappa shape index (κ3) is 1.46. The number of aromatic nitrogens is 1. The minimum Gasteiger partial charge on any atom is -0.288 e. The van der Waals surface area contributed by atoms with Gasteiger partial charge >= 0.3 is 0 Å². The van der Waals surface area contributed by atoms with Gasteiger partial charge in [-0.2, -0.15) is 0 Å². The molecule has 0 fully saturated rings. The highest BCUT2D eigenvalue weighted by Crippen LogP contribution is 2.41. The van der Waals surface area contributed by atoms with Gasteiger partial charge in [0, 0.05) is 21.5 Å². The Morgan fingerprint density at radius 2 is 1.70 bits per heavy atom. The van der Waals surface area contributed by atoms with Crippen molar-refractivity contribution in [3.05, 3.63) is 63.6 Å². The van der Waals surface area contributed by atoms with Crippen LogP contribution in [0.15, 0.2) is 42.5 Å². The van der Waals surface area contributed by atoms with Gasteiger partial charge in [0.15, 0.2) is 5.78 Å². The summed E-state index contributed by atoms with van der Waals surface area (Å²) in [5.41, 5.74) is 3.31. The molecule has 96 valence electrons. The molecule has 0 saturated carbocycles. The Morgan fingerprint density at radius 3 is 2.50 bits per heavy atom. The summed E-state index contributed by atoms with van der Waals surface area (Å²) in [6.07, 6.45) is 0. The van der Waals surface area contributed by atoms with Gasteiger partial charge < -0.3 is 0 Å². The van der Waals surface area contributed by atoms with Crippen LogP contribution in [-0.4, -0.2) is 10.8 Å². The van der Waals surface area contributed by atoms with Crippen molar-refractivity contribution in [1.29, 1.82) is 0 Å². The van der Waals surface area contributed by atoms with E-state index in [1.807, 2.05) is 18.2 Å². The molecule has 0 N–H and O–H groups in total. The maximum Gasteiger partial charge on any atom is 0.197 e. The Hall–Kier alpha value is -1.90. The maximum absolute atomic E-state index is 12.5. The summed E-state index contributed by atoms with van der Waals surface area (Å²) >= 11 is 12.4. The third-order valence-corrected chi connectivity index (χ3v) is 4.17. The number of fused-ring (bicyclic) bond motifs is 4. The second kappa shape index (κ2) is 4.05. The van der Waals surface area contributed by atoms with E-state index in [2.05, 4.69) is 4.98 Å². The smallest absolute Gasteiger partial charge is 0.197 e. The van der Waals surface area contributed by atoms with Crippen molar-refractivity contribution >= 4 is 39.9 Å². The van der Waals surface area contributed by atoms with E-state index in [1.54, 1.807) is 24.3 Å². The summed E-state index contributed by atoms with van der Waals surface area (Å²) in [6, 6.07) is 12.7. The van der Waals surface area contributed by atoms with Crippen molar-refractivity contribution in [2.24, 2.45) is 0 Å². The fraction of sp³-hybridized carbons (Fsp3) is 0. The van der Waals surface area contributed by atoms with Gasteiger partial charge in [0.2, 0.25) is 0 Å². The molecule has 0 aliphatic heterocycles. The lowest BCUT2D eigenvalue weighted by atomic mass is 10.1. The predicted octanol–water partition coefficient (Wildman–Crippen LogP) is 4.75. The zero-order chi connectivity index (χ0) is 13.9. The number of carbonyl (C=O) groups is 1. The molecule has 4 rings (SSSR count). The fourth-order valence-electron chi connectivity index (χ4n) is 2.62. The van der Waals surface area contributed by atoms with Crippen molar-refractivity contribution in [1.82, 2.24) is 4.98 Å². The number of nitrogens with zero attached hydrogens (tertiary/aromatic N) is 1. The van der Waals surface area contributed by atoms with Crippen LogP contribution in [0.4, 0.5) is 0 Å². The van der Waals surface area contributed by atoms with E-state index >= 15 is 0 Å². The molecule has 0 spiro atoms. The van der Waals surface area contributed by atoms with Crippen molar-refractivity contribution in [2.75, 3.05) is 0 Å².